The van der Waals surface area contributed by atoms with E-state index in [1.807, 2.05) is 19.9 Å². The van der Waals surface area contributed by atoms with Crippen molar-refractivity contribution >= 4 is 35.0 Å². The molecule has 0 amide bonds. The first-order valence-corrected chi connectivity index (χ1v) is 9.43. The third-order valence-corrected chi connectivity index (χ3v) is 5.07. The van der Waals surface area contributed by atoms with Gasteiger partial charge in [-0.2, -0.15) is 14.6 Å². The SMILES string of the molecule is COC(=O)CNc1nc(F)c(Cl)c(C(C#N)c2ccc(OC)c(C(C)C)c2)c1Cl. The third-order valence-electron chi connectivity index (χ3n) is 4.33. The van der Waals surface area contributed by atoms with Crippen molar-refractivity contribution in [2.24, 2.45) is 0 Å². The van der Waals surface area contributed by atoms with Crippen molar-refractivity contribution in [3.05, 3.63) is 50.9 Å². The van der Waals surface area contributed by atoms with E-state index in [1.54, 1.807) is 19.2 Å². The largest absolute Gasteiger partial charge is 0.496 e. The van der Waals surface area contributed by atoms with Crippen molar-refractivity contribution in [3.8, 4) is 11.8 Å². The van der Waals surface area contributed by atoms with Crippen LogP contribution in [0.2, 0.25) is 10.0 Å². The third kappa shape index (κ3) is 4.89. The van der Waals surface area contributed by atoms with E-state index < -0.39 is 17.8 Å². The lowest BCUT2D eigenvalue weighted by Gasteiger charge is -2.19. The van der Waals surface area contributed by atoms with Gasteiger partial charge in [-0.1, -0.05) is 49.2 Å². The highest BCUT2D eigenvalue weighted by atomic mass is 35.5. The molecule has 29 heavy (non-hydrogen) atoms. The van der Waals surface area contributed by atoms with Crippen LogP contribution in [0.1, 0.15) is 42.4 Å². The molecular weight excluding hydrogens is 420 g/mol. The number of carbonyl (C=O) groups excluding carboxylic acids is 1. The fourth-order valence-electron chi connectivity index (χ4n) is 2.82. The molecule has 0 aliphatic heterocycles. The monoisotopic (exact) mass is 439 g/mol. The molecule has 0 aliphatic rings. The Hall–Kier alpha value is -2.56. The quantitative estimate of drug-likeness (QED) is 0.487. The fraction of sp³-hybridized carbons (Fsp3) is 0.350. The second-order valence-corrected chi connectivity index (χ2v) is 7.20. The molecule has 1 heterocycles. The van der Waals surface area contributed by atoms with E-state index in [1.165, 1.54) is 7.11 Å². The maximum atomic E-state index is 14.4. The van der Waals surface area contributed by atoms with Crippen LogP contribution < -0.4 is 10.1 Å². The van der Waals surface area contributed by atoms with Gasteiger partial charge < -0.3 is 14.8 Å². The summed E-state index contributed by atoms with van der Waals surface area (Å²) in [6, 6.07) is 7.38. The van der Waals surface area contributed by atoms with Gasteiger partial charge in [-0.15, -0.1) is 0 Å². The summed E-state index contributed by atoms with van der Waals surface area (Å²) >= 11 is 12.5. The molecule has 1 aromatic heterocycles. The maximum absolute atomic E-state index is 14.4. The molecule has 2 rings (SSSR count). The number of benzene rings is 1. The van der Waals surface area contributed by atoms with E-state index in [9.17, 15) is 14.4 Å². The van der Waals surface area contributed by atoms with Gasteiger partial charge in [0, 0.05) is 5.56 Å². The smallest absolute Gasteiger partial charge is 0.325 e. The summed E-state index contributed by atoms with van der Waals surface area (Å²) in [6.07, 6.45) is 0. The Labute approximate surface area is 178 Å². The molecule has 0 radical (unpaired) electrons. The zero-order valence-corrected chi connectivity index (χ0v) is 17.9. The van der Waals surface area contributed by atoms with E-state index in [2.05, 4.69) is 21.1 Å². The van der Waals surface area contributed by atoms with Gasteiger partial charge in [0.1, 0.15) is 23.1 Å². The molecule has 2 aromatic rings. The Balaban J connectivity index is 2.59. The highest BCUT2D eigenvalue weighted by Gasteiger charge is 2.27. The van der Waals surface area contributed by atoms with Crippen molar-refractivity contribution in [3.63, 3.8) is 0 Å². The molecule has 0 saturated heterocycles. The van der Waals surface area contributed by atoms with Crippen LogP contribution in [-0.2, 0) is 9.53 Å². The topological polar surface area (TPSA) is 84.2 Å². The number of nitrogens with one attached hydrogen (secondary N) is 1. The van der Waals surface area contributed by atoms with E-state index in [0.29, 0.717) is 11.3 Å². The van der Waals surface area contributed by atoms with E-state index in [-0.39, 0.29) is 33.9 Å². The predicted molar refractivity (Wildman–Crippen MR) is 109 cm³/mol. The number of hydrogen-bond donors (Lipinski definition) is 1. The summed E-state index contributed by atoms with van der Waals surface area (Å²) in [4.78, 5) is 15.0. The molecule has 154 valence electrons. The van der Waals surface area contributed by atoms with Gasteiger partial charge in [0.25, 0.3) is 0 Å². The Bertz CT molecular complexity index is 961. The van der Waals surface area contributed by atoms with Crippen molar-refractivity contribution in [2.45, 2.75) is 25.7 Å². The van der Waals surface area contributed by atoms with Gasteiger partial charge >= 0.3 is 5.97 Å². The molecule has 0 spiro atoms. The minimum Gasteiger partial charge on any atom is -0.496 e. The number of pyridine rings is 1. The number of halogens is 3. The first kappa shape index (κ1) is 22.7. The standard InChI is InChI=1S/C20H20Cl2FN3O3/c1-10(2)12-7-11(5-6-14(12)28-3)13(8-24)16-17(21)19(23)26-20(18(16)22)25-9-15(27)29-4/h5-7,10,13H,9H2,1-4H3,(H,25,26). The van der Waals surface area contributed by atoms with Crippen LogP contribution in [-0.4, -0.2) is 31.7 Å². The molecule has 0 fully saturated rings. The number of aromatic nitrogens is 1. The molecule has 1 unspecified atom stereocenters. The molecule has 6 nitrogen and oxygen atoms in total. The zero-order chi connectivity index (χ0) is 21.7. The average Bonchev–Trinajstić information content (AvgIpc) is 2.71. The van der Waals surface area contributed by atoms with Gasteiger partial charge in [-0.25, -0.2) is 0 Å². The lowest BCUT2D eigenvalue weighted by Crippen LogP contribution is -2.17. The Morgan fingerprint density at radius 3 is 2.55 bits per heavy atom. The van der Waals surface area contributed by atoms with Crippen molar-refractivity contribution < 1.29 is 18.7 Å². The highest BCUT2D eigenvalue weighted by Crippen LogP contribution is 2.41. The van der Waals surface area contributed by atoms with Crippen molar-refractivity contribution in [2.75, 3.05) is 26.1 Å². The number of esters is 1. The van der Waals surface area contributed by atoms with Gasteiger partial charge in [0.15, 0.2) is 0 Å². The normalized spacial score (nSPS) is 11.7. The highest BCUT2D eigenvalue weighted by molar-refractivity contribution is 6.37. The molecule has 1 N–H and O–H groups in total. The summed E-state index contributed by atoms with van der Waals surface area (Å²) in [7, 11) is 2.78. The lowest BCUT2D eigenvalue weighted by atomic mass is 9.89. The van der Waals surface area contributed by atoms with Crippen LogP contribution in [0.4, 0.5) is 10.2 Å². The summed E-state index contributed by atoms with van der Waals surface area (Å²) in [5.74, 6) is -1.85. The van der Waals surface area contributed by atoms with Gasteiger partial charge in [0.2, 0.25) is 5.95 Å². The Kier molecular flexibility index (Phi) is 7.66. The van der Waals surface area contributed by atoms with Gasteiger partial charge in [0.05, 0.1) is 31.2 Å². The molecular formula is C20H20Cl2FN3O3. The van der Waals surface area contributed by atoms with Gasteiger partial charge in [-0.3, -0.25) is 4.79 Å². The number of ether oxygens (including phenoxy) is 2. The minimum atomic E-state index is -1.00. The number of anilines is 1. The summed E-state index contributed by atoms with van der Waals surface area (Å²) in [6.45, 7) is 3.70. The van der Waals surface area contributed by atoms with Crippen LogP contribution in [0, 0.1) is 17.3 Å². The average molecular weight is 440 g/mol. The molecule has 0 saturated carbocycles. The minimum absolute atomic E-state index is 0.0474. The maximum Gasteiger partial charge on any atom is 0.325 e. The molecule has 0 aliphatic carbocycles. The summed E-state index contributed by atoms with van der Waals surface area (Å²) in [5, 5.41) is 12.0. The second kappa shape index (κ2) is 9.77. The zero-order valence-electron chi connectivity index (χ0n) is 16.3. The first-order chi connectivity index (χ1) is 13.7. The lowest BCUT2D eigenvalue weighted by molar-refractivity contribution is -0.138. The number of nitrogens with zero attached hydrogens (tertiary/aromatic N) is 2. The van der Waals surface area contributed by atoms with Crippen molar-refractivity contribution in [1.82, 2.24) is 4.98 Å². The Morgan fingerprint density at radius 1 is 1.31 bits per heavy atom. The number of hydrogen-bond acceptors (Lipinski definition) is 6. The van der Waals surface area contributed by atoms with Crippen molar-refractivity contribution in [1.29, 1.82) is 5.26 Å². The molecule has 9 heteroatoms. The number of nitriles is 1. The summed E-state index contributed by atoms with van der Waals surface area (Å²) in [5.41, 5.74) is 1.52. The van der Waals surface area contributed by atoms with Crippen LogP contribution in [0.15, 0.2) is 18.2 Å². The number of methoxy groups -OCH3 is 2. The van der Waals surface area contributed by atoms with Crippen LogP contribution >= 0.6 is 23.2 Å². The second-order valence-electron chi connectivity index (χ2n) is 6.44. The van der Waals surface area contributed by atoms with Gasteiger partial charge in [-0.05, 0) is 23.1 Å². The van der Waals surface area contributed by atoms with Crippen LogP contribution in [0.3, 0.4) is 0 Å². The fourth-order valence-corrected chi connectivity index (χ4v) is 3.43. The van der Waals surface area contributed by atoms with E-state index in [4.69, 9.17) is 27.9 Å². The molecule has 1 atom stereocenters. The van der Waals surface area contributed by atoms with Crippen LogP contribution in [0.5, 0.6) is 5.75 Å². The molecule has 1 aromatic carbocycles. The summed E-state index contributed by atoms with van der Waals surface area (Å²) < 4.78 is 24.3. The van der Waals surface area contributed by atoms with E-state index in [0.717, 1.165) is 5.56 Å². The number of rotatable bonds is 7. The predicted octanol–water partition coefficient (Wildman–Crippen LogP) is 4.90. The van der Waals surface area contributed by atoms with Crippen LogP contribution in [0.25, 0.3) is 0 Å². The molecule has 0 bridgehead atoms. The van der Waals surface area contributed by atoms with E-state index >= 15 is 0 Å². The Morgan fingerprint density at radius 2 is 2.00 bits per heavy atom. The first-order valence-electron chi connectivity index (χ1n) is 8.67. The number of carbonyl (C=O) groups is 1.